The quantitative estimate of drug-likeness (QED) is 0.906. The number of carbonyl (C=O) groups is 1. The van der Waals surface area contributed by atoms with Crippen molar-refractivity contribution in [2.45, 2.75) is 19.6 Å². The van der Waals surface area contributed by atoms with Gasteiger partial charge >= 0.3 is 12.1 Å². The largest absolute Gasteiger partial charge is 0.477 e. The first-order chi connectivity index (χ1) is 9.81. The molecule has 0 unspecified atom stereocenters. The molecule has 0 atom stereocenters. The SMILES string of the molecule is CCN(Cc1c(C(=O)O)sc2ccccc12)CC(F)(F)F. The molecule has 1 heterocycles. The first-order valence-electron chi connectivity index (χ1n) is 6.34. The highest BCUT2D eigenvalue weighted by Gasteiger charge is 2.31. The molecule has 0 amide bonds. The van der Waals surface area contributed by atoms with Gasteiger partial charge in [0.2, 0.25) is 0 Å². The van der Waals surface area contributed by atoms with E-state index in [1.54, 1.807) is 31.2 Å². The van der Waals surface area contributed by atoms with Gasteiger partial charge in [-0.3, -0.25) is 4.90 Å². The Morgan fingerprint density at radius 1 is 1.33 bits per heavy atom. The number of halogens is 3. The molecule has 0 saturated carbocycles. The number of hydrogen-bond acceptors (Lipinski definition) is 3. The lowest BCUT2D eigenvalue weighted by molar-refractivity contribution is -0.146. The monoisotopic (exact) mass is 317 g/mol. The van der Waals surface area contributed by atoms with Crippen molar-refractivity contribution < 1.29 is 23.1 Å². The van der Waals surface area contributed by atoms with Crippen LogP contribution in [0, 0.1) is 0 Å². The Balaban J connectivity index is 2.39. The lowest BCUT2D eigenvalue weighted by Crippen LogP contribution is -2.33. The van der Waals surface area contributed by atoms with Crippen LogP contribution < -0.4 is 0 Å². The molecular formula is C14H14F3NO2S. The number of alkyl halides is 3. The lowest BCUT2D eigenvalue weighted by Gasteiger charge is -2.22. The van der Waals surface area contributed by atoms with Crippen LogP contribution >= 0.6 is 11.3 Å². The minimum atomic E-state index is -4.30. The standard InChI is InChI=1S/C14H14F3NO2S/c1-2-18(8-14(15,16)17)7-10-9-5-3-4-6-11(9)21-12(10)13(19)20/h3-6H,2,7-8H2,1H3,(H,19,20). The number of carboxylic acids is 1. The predicted molar refractivity (Wildman–Crippen MR) is 75.8 cm³/mol. The van der Waals surface area contributed by atoms with Crippen LogP contribution in [0.3, 0.4) is 0 Å². The molecule has 1 N–H and O–H groups in total. The van der Waals surface area contributed by atoms with E-state index in [4.69, 9.17) is 0 Å². The molecule has 3 nitrogen and oxygen atoms in total. The minimum Gasteiger partial charge on any atom is -0.477 e. The van der Waals surface area contributed by atoms with Gasteiger partial charge < -0.3 is 5.11 Å². The summed E-state index contributed by atoms with van der Waals surface area (Å²) in [5.41, 5.74) is 0.453. The Bertz CT molecular complexity index is 651. The van der Waals surface area contributed by atoms with Gasteiger partial charge in [0.05, 0.1) is 6.54 Å². The first kappa shape index (κ1) is 15.8. The Morgan fingerprint density at radius 2 is 2.00 bits per heavy atom. The zero-order valence-corrected chi connectivity index (χ0v) is 12.1. The van der Waals surface area contributed by atoms with Crippen LogP contribution in [-0.2, 0) is 6.54 Å². The highest BCUT2D eigenvalue weighted by Crippen LogP contribution is 2.32. The molecule has 2 aromatic rings. The van der Waals surface area contributed by atoms with Crippen molar-refractivity contribution in [3.05, 3.63) is 34.7 Å². The molecule has 1 aromatic heterocycles. The second kappa shape index (κ2) is 6.03. The molecule has 1 aromatic carbocycles. The van der Waals surface area contributed by atoms with E-state index in [-0.39, 0.29) is 18.0 Å². The molecule has 0 bridgehead atoms. The van der Waals surface area contributed by atoms with E-state index in [9.17, 15) is 23.1 Å². The maximum absolute atomic E-state index is 12.5. The highest BCUT2D eigenvalue weighted by atomic mass is 32.1. The zero-order valence-electron chi connectivity index (χ0n) is 11.3. The van der Waals surface area contributed by atoms with E-state index >= 15 is 0 Å². The van der Waals surface area contributed by atoms with Crippen molar-refractivity contribution in [3.8, 4) is 0 Å². The van der Waals surface area contributed by atoms with Gasteiger partial charge in [-0.1, -0.05) is 25.1 Å². The Labute approximate surface area is 123 Å². The molecular weight excluding hydrogens is 303 g/mol. The van der Waals surface area contributed by atoms with E-state index in [1.165, 1.54) is 4.90 Å². The summed E-state index contributed by atoms with van der Waals surface area (Å²) < 4.78 is 38.4. The second-order valence-corrected chi connectivity index (χ2v) is 5.68. The molecule has 0 aliphatic heterocycles. The van der Waals surface area contributed by atoms with Gasteiger partial charge in [0.15, 0.2) is 0 Å². The summed E-state index contributed by atoms with van der Waals surface area (Å²) in [6.07, 6.45) is -4.30. The van der Waals surface area contributed by atoms with Gasteiger partial charge in [-0.25, -0.2) is 4.79 Å². The molecule has 0 fully saturated rings. The fourth-order valence-corrected chi connectivity index (χ4v) is 3.24. The van der Waals surface area contributed by atoms with Gasteiger partial charge in [-0.05, 0) is 23.6 Å². The number of aromatic carboxylic acids is 1. The third kappa shape index (κ3) is 3.74. The van der Waals surface area contributed by atoms with Crippen LogP contribution in [0.5, 0.6) is 0 Å². The van der Waals surface area contributed by atoms with E-state index in [0.717, 1.165) is 16.0 Å². The minimum absolute atomic E-state index is 0.0261. The maximum atomic E-state index is 12.5. The van der Waals surface area contributed by atoms with Crippen LogP contribution in [0.25, 0.3) is 10.1 Å². The molecule has 0 radical (unpaired) electrons. The third-order valence-electron chi connectivity index (χ3n) is 3.12. The van der Waals surface area contributed by atoms with Crippen LogP contribution in [0.15, 0.2) is 24.3 Å². The number of fused-ring (bicyclic) bond motifs is 1. The summed E-state index contributed by atoms with van der Waals surface area (Å²) in [6, 6.07) is 7.05. The van der Waals surface area contributed by atoms with Gasteiger partial charge in [0.25, 0.3) is 0 Å². The second-order valence-electron chi connectivity index (χ2n) is 4.63. The topological polar surface area (TPSA) is 40.5 Å². The van der Waals surface area contributed by atoms with Crippen molar-refractivity contribution in [1.29, 1.82) is 0 Å². The number of nitrogens with zero attached hydrogens (tertiary/aromatic N) is 1. The van der Waals surface area contributed by atoms with Crippen molar-refractivity contribution in [2.75, 3.05) is 13.1 Å². The highest BCUT2D eigenvalue weighted by molar-refractivity contribution is 7.21. The normalized spacial score (nSPS) is 12.2. The summed E-state index contributed by atoms with van der Waals surface area (Å²) >= 11 is 1.09. The lowest BCUT2D eigenvalue weighted by atomic mass is 10.1. The number of thiophene rings is 1. The smallest absolute Gasteiger partial charge is 0.401 e. The summed E-state index contributed by atoms with van der Waals surface area (Å²) in [4.78, 5) is 12.6. The Kier molecular flexibility index (Phi) is 4.53. The maximum Gasteiger partial charge on any atom is 0.401 e. The van der Waals surface area contributed by atoms with E-state index in [0.29, 0.717) is 10.9 Å². The number of benzene rings is 1. The summed E-state index contributed by atoms with van der Waals surface area (Å²) in [5.74, 6) is -1.10. The van der Waals surface area contributed by atoms with E-state index in [1.807, 2.05) is 0 Å². The average molecular weight is 317 g/mol. The fraction of sp³-hybridized carbons (Fsp3) is 0.357. The number of carboxylic acid groups (broad SMARTS) is 1. The molecule has 7 heteroatoms. The molecule has 2 rings (SSSR count). The number of hydrogen-bond donors (Lipinski definition) is 1. The number of rotatable bonds is 5. The van der Waals surface area contributed by atoms with Crippen LogP contribution in [0.2, 0.25) is 0 Å². The van der Waals surface area contributed by atoms with Gasteiger partial charge in [-0.2, -0.15) is 13.2 Å². The van der Waals surface area contributed by atoms with Crippen LogP contribution in [0.4, 0.5) is 13.2 Å². The zero-order chi connectivity index (χ0) is 15.6. The van der Waals surface area contributed by atoms with E-state index in [2.05, 4.69) is 0 Å². The molecule has 0 spiro atoms. The van der Waals surface area contributed by atoms with Crippen molar-refractivity contribution in [2.24, 2.45) is 0 Å². The van der Waals surface area contributed by atoms with Crippen molar-refractivity contribution in [3.63, 3.8) is 0 Å². The van der Waals surface area contributed by atoms with Crippen molar-refractivity contribution >= 4 is 27.4 Å². The molecule has 0 aliphatic carbocycles. The summed E-state index contributed by atoms with van der Waals surface area (Å²) in [5, 5.41) is 9.96. The third-order valence-corrected chi connectivity index (χ3v) is 4.33. The van der Waals surface area contributed by atoms with Gasteiger partial charge in [0.1, 0.15) is 4.88 Å². The van der Waals surface area contributed by atoms with Crippen LogP contribution in [-0.4, -0.2) is 35.2 Å². The molecule has 114 valence electrons. The van der Waals surface area contributed by atoms with Crippen molar-refractivity contribution in [1.82, 2.24) is 4.90 Å². The van der Waals surface area contributed by atoms with Gasteiger partial charge in [0, 0.05) is 11.2 Å². The summed E-state index contributed by atoms with van der Waals surface area (Å²) in [7, 11) is 0. The molecule has 21 heavy (non-hydrogen) atoms. The molecule has 0 aliphatic rings. The Hall–Kier alpha value is -1.60. The van der Waals surface area contributed by atoms with Gasteiger partial charge in [-0.15, -0.1) is 11.3 Å². The summed E-state index contributed by atoms with van der Waals surface area (Å²) in [6.45, 7) is 0.748. The predicted octanol–water partition coefficient (Wildman–Crippen LogP) is 3.98. The fourth-order valence-electron chi connectivity index (χ4n) is 2.19. The Morgan fingerprint density at radius 3 is 2.57 bits per heavy atom. The van der Waals surface area contributed by atoms with Crippen LogP contribution in [0.1, 0.15) is 22.2 Å². The van der Waals surface area contributed by atoms with E-state index < -0.39 is 18.7 Å². The average Bonchev–Trinajstić information content (AvgIpc) is 2.76. The first-order valence-corrected chi connectivity index (χ1v) is 7.16. The molecule has 0 saturated heterocycles.